The van der Waals surface area contributed by atoms with Gasteiger partial charge in [-0.15, -0.1) is 5.10 Å². The van der Waals surface area contributed by atoms with Crippen molar-refractivity contribution in [1.29, 1.82) is 0 Å². The van der Waals surface area contributed by atoms with E-state index in [1.165, 1.54) is 24.3 Å². The molecule has 0 atom stereocenters. The minimum absolute atomic E-state index is 0.116. The summed E-state index contributed by atoms with van der Waals surface area (Å²) in [5.41, 5.74) is 0.428. The number of aromatic nitrogens is 2. The molecule has 0 spiro atoms. The number of nitrogens with one attached hydrogen (secondary N) is 1. The molecular formula is C19H18F3N3O3S. The Bertz CT molecular complexity index is 1120. The number of benzene rings is 2. The summed E-state index contributed by atoms with van der Waals surface area (Å²) in [4.78, 5) is 2.58. The zero-order chi connectivity index (χ0) is 21.4. The Morgan fingerprint density at radius 2 is 1.62 bits per heavy atom. The fourth-order valence-electron chi connectivity index (χ4n) is 2.98. The van der Waals surface area contributed by atoms with Crippen LogP contribution in [0.1, 0.15) is 16.8 Å². The predicted molar refractivity (Wildman–Crippen MR) is 102 cm³/mol. The number of hydrogen-bond donors (Lipinski definition) is 1. The molecule has 10 heteroatoms. The predicted octanol–water partition coefficient (Wildman–Crippen LogP) is 4.13. The van der Waals surface area contributed by atoms with Crippen LogP contribution in [0.3, 0.4) is 0 Å². The van der Waals surface area contributed by atoms with Crippen LogP contribution in [-0.4, -0.2) is 25.4 Å². The molecule has 2 aromatic carbocycles. The fraction of sp³-hybridized carbons (Fsp3) is 0.211. The van der Waals surface area contributed by atoms with Crippen molar-refractivity contribution < 1.29 is 26.3 Å². The van der Waals surface area contributed by atoms with E-state index in [1.807, 2.05) is 6.07 Å². The van der Waals surface area contributed by atoms with Crippen LogP contribution in [0.5, 0.6) is 5.75 Å². The molecule has 0 saturated carbocycles. The van der Waals surface area contributed by atoms with Gasteiger partial charge >= 0.3 is 6.18 Å². The molecule has 1 aromatic heterocycles. The van der Waals surface area contributed by atoms with Gasteiger partial charge < -0.3 is 4.74 Å². The third-order valence-electron chi connectivity index (χ3n) is 4.07. The first-order valence-corrected chi connectivity index (χ1v) is 9.92. The lowest BCUT2D eigenvalue weighted by Gasteiger charge is -2.13. The summed E-state index contributed by atoms with van der Waals surface area (Å²) in [6.45, 7) is 3.56. The molecule has 0 aliphatic rings. The Labute approximate surface area is 166 Å². The summed E-state index contributed by atoms with van der Waals surface area (Å²) in [6, 6.07) is 12.4. The maximum absolute atomic E-state index is 13.5. The smallest absolute Gasteiger partial charge is 0.438 e. The minimum Gasteiger partial charge on any atom is -0.492 e. The molecule has 6 nitrogen and oxygen atoms in total. The number of aryl methyl sites for hydroxylation is 2. The number of rotatable bonds is 5. The Morgan fingerprint density at radius 3 is 2.14 bits per heavy atom. The lowest BCUT2D eigenvalue weighted by molar-refractivity contribution is -0.142. The van der Waals surface area contributed by atoms with E-state index in [4.69, 9.17) is 4.74 Å². The normalized spacial score (nSPS) is 12.1. The number of alkyl halides is 3. The highest BCUT2D eigenvalue weighted by molar-refractivity contribution is 7.92. The summed E-state index contributed by atoms with van der Waals surface area (Å²) < 4.78 is 70.9. The van der Waals surface area contributed by atoms with Crippen LogP contribution >= 0.6 is 0 Å². The zero-order valence-corrected chi connectivity index (χ0v) is 16.6. The van der Waals surface area contributed by atoms with Crippen molar-refractivity contribution >= 4 is 10.0 Å². The van der Waals surface area contributed by atoms with E-state index >= 15 is 0 Å². The zero-order valence-electron chi connectivity index (χ0n) is 15.8. The van der Waals surface area contributed by atoms with Crippen LogP contribution < -0.4 is 9.57 Å². The average Bonchev–Trinajstić information content (AvgIpc) is 2.99. The molecule has 0 aliphatic heterocycles. The van der Waals surface area contributed by atoms with Gasteiger partial charge in [-0.2, -0.15) is 31.2 Å². The molecule has 0 aliphatic carbocycles. The van der Waals surface area contributed by atoms with Crippen LogP contribution in [-0.2, 0) is 16.2 Å². The quantitative estimate of drug-likeness (QED) is 0.667. The Kier molecular flexibility index (Phi) is 5.31. The number of ether oxygens (including phenoxy) is 1. The molecule has 0 saturated heterocycles. The van der Waals surface area contributed by atoms with Crippen molar-refractivity contribution in [2.75, 3.05) is 11.9 Å². The summed E-state index contributed by atoms with van der Waals surface area (Å²) in [5, 5.41) is 3.48. The molecular weight excluding hydrogens is 407 g/mol. The summed E-state index contributed by atoms with van der Waals surface area (Å²) in [6.07, 6.45) is -4.84. The first kappa shape index (κ1) is 20.7. The molecule has 0 bridgehead atoms. The highest BCUT2D eigenvalue weighted by Crippen LogP contribution is 2.42. The number of halogens is 3. The Morgan fingerprint density at radius 1 is 1.03 bits per heavy atom. The number of sulfonamides is 1. The highest BCUT2D eigenvalue weighted by atomic mass is 32.2. The molecule has 0 radical (unpaired) electrons. The van der Waals surface area contributed by atoms with Gasteiger partial charge in [0.25, 0.3) is 10.0 Å². The molecule has 0 fully saturated rings. The molecule has 0 unspecified atom stereocenters. The second-order valence-electron chi connectivity index (χ2n) is 6.42. The molecule has 154 valence electrons. The highest BCUT2D eigenvalue weighted by Gasteiger charge is 2.41. The van der Waals surface area contributed by atoms with Gasteiger partial charge in [0.05, 0.1) is 12.0 Å². The van der Waals surface area contributed by atoms with Gasteiger partial charge in [0.2, 0.25) is 5.69 Å². The Balaban J connectivity index is 2.24. The Hall–Kier alpha value is -3.01. The van der Waals surface area contributed by atoms with Gasteiger partial charge in [-0.1, -0.05) is 35.4 Å². The largest absolute Gasteiger partial charge is 0.492 e. The van der Waals surface area contributed by atoms with Crippen molar-refractivity contribution in [3.05, 3.63) is 65.4 Å². The molecule has 1 N–H and O–H groups in total. The molecule has 3 rings (SSSR count). The molecule has 3 aromatic rings. The van der Waals surface area contributed by atoms with E-state index in [0.717, 1.165) is 18.2 Å². The van der Waals surface area contributed by atoms with Crippen LogP contribution in [0.25, 0.3) is 11.3 Å². The third kappa shape index (κ3) is 4.21. The van der Waals surface area contributed by atoms with E-state index in [9.17, 15) is 21.6 Å². The molecule has 1 heterocycles. The number of hydrogen-bond acceptors (Lipinski definition) is 4. The average molecular weight is 425 g/mol. The van der Waals surface area contributed by atoms with Crippen LogP contribution in [0.2, 0.25) is 0 Å². The van der Waals surface area contributed by atoms with Crippen LogP contribution in [0, 0.1) is 13.8 Å². The summed E-state index contributed by atoms with van der Waals surface area (Å²) >= 11 is 0. The first-order valence-electron chi connectivity index (χ1n) is 8.43. The SMILES string of the molecule is COc1c(C(F)(F)F)nn(NS(=O)(=O)c2ccccc2)c1-c1cc(C)cc(C)c1. The van der Waals surface area contributed by atoms with Gasteiger partial charge in [-0.3, -0.25) is 0 Å². The number of nitrogens with zero attached hydrogens (tertiary/aromatic N) is 2. The van der Waals surface area contributed by atoms with Crippen LogP contribution in [0.4, 0.5) is 13.2 Å². The minimum atomic E-state index is -4.84. The van der Waals surface area contributed by atoms with E-state index in [2.05, 4.69) is 9.93 Å². The fourth-order valence-corrected chi connectivity index (χ4v) is 3.96. The van der Waals surface area contributed by atoms with E-state index in [1.54, 1.807) is 32.0 Å². The van der Waals surface area contributed by atoms with Gasteiger partial charge in [-0.25, -0.2) is 0 Å². The van der Waals surface area contributed by atoms with Crippen molar-refractivity contribution in [1.82, 2.24) is 9.89 Å². The first-order chi connectivity index (χ1) is 13.5. The van der Waals surface area contributed by atoms with Crippen molar-refractivity contribution in [3.8, 4) is 17.0 Å². The van der Waals surface area contributed by atoms with Crippen LogP contribution in [0.15, 0.2) is 53.4 Å². The third-order valence-corrected chi connectivity index (χ3v) is 5.38. The standard InChI is InChI=1S/C19H18F3N3O3S/c1-12-9-13(2)11-14(10-12)16-17(28-3)18(19(20,21)22)23-25(16)24-29(26,27)15-7-5-4-6-8-15/h4-11,24H,1-3H3. The second kappa shape index (κ2) is 7.43. The second-order valence-corrected chi connectivity index (χ2v) is 8.09. The summed E-state index contributed by atoms with van der Waals surface area (Å²) in [7, 11) is -3.12. The number of methoxy groups -OCH3 is 1. The van der Waals surface area contributed by atoms with E-state index in [-0.39, 0.29) is 10.6 Å². The monoisotopic (exact) mass is 425 g/mol. The van der Waals surface area contributed by atoms with E-state index in [0.29, 0.717) is 10.4 Å². The van der Waals surface area contributed by atoms with Crippen molar-refractivity contribution in [2.45, 2.75) is 24.9 Å². The van der Waals surface area contributed by atoms with Crippen molar-refractivity contribution in [3.63, 3.8) is 0 Å². The maximum Gasteiger partial charge on any atom is 0.438 e. The van der Waals surface area contributed by atoms with Gasteiger partial charge in [0.1, 0.15) is 5.69 Å². The van der Waals surface area contributed by atoms with Gasteiger partial charge in [0, 0.05) is 5.56 Å². The van der Waals surface area contributed by atoms with Crippen molar-refractivity contribution in [2.24, 2.45) is 0 Å². The maximum atomic E-state index is 13.5. The lowest BCUT2D eigenvalue weighted by atomic mass is 10.0. The van der Waals surface area contributed by atoms with Gasteiger partial charge in [-0.05, 0) is 38.1 Å². The molecule has 29 heavy (non-hydrogen) atoms. The van der Waals surface area contributed by atoms with Gasteiger partial charge in [0.15, 0.2) is 5.75 Å². The van der Waals surface area contributed by atoms with E-state index < -0.39 is 27.6 Å². The topological polar surface area (TPSA) is 73.2 Å². The lowest BCUT2D eigenvalue weighted by Crippen LogP contribution is -2.25. The summed E-state index contributed by atoms with van der Waals surface area (Å²) in [5.74, 6) is -0.571. The molecule has 0 amide bonds.